The minimum atomic E-state index is 0.602. The third-order valence-electron chi connectivity index (χ3n) is 3.74. The van der Waals surface area contributed by atoms with E-state index in [2.05, 4.69) is 56.6 Å². The molecular formula is C15H29N3. The normalized spacial score (nSPS) is 13.3. The molecular weight excluding hydrogens is 222 g/mol. The van der Waals surface area contributed by atoms with Gasteiger partial charge in [-0.15, -0.1) is 0 Å². The van der Waals surface area contributed by atoms with E-state index in [1.807, 2.05) is 0 Å². The Morgan fingerprint density at radius 2 is 1.78 bits per heavy atom. The van der Waals surface area contributed by atoms with Crippen LogP contribution < -0.4 is 5.32 Å². The molecule has 0 aliphatic rings. The Morgan fingerprint density at radius 3 is 2.28 bits per heavy atom. The topological polar surface area (TPSA) is 29.9 Å². The van der Waals surface area contributed by atoms with Crippen molar-refractivity contribution >= 4 is 0 Å². The van der Waals surface area contributed by atoms with Crippen LogP contribution in [0.25, 0.3) is 0 Å². The zero-order chi connectivity index (χ0) is 13.7. The predicted molar refractivity (Wildman–Crippen MR) is 78.0 cm³/mol. The summed E-state index contributed by atoms with van der Waals surface area (Å²) in [7, 11) is 0. The van der Waals surface area contributed by atoms with Gasteiger partial charge in [-0.2, -0.15) is 5.10 Å². The van der Waals surface area contributed by atoms with E-state index >= 15 is 0 Å². The molecule has 0 bridgehead atoms. The third kappa shape index (κ3) is 4.45. The summed E-state index contributed by atoms with van der Waals surface area (Å²) in [4.78, 5) is 0. The van der Waals surface area contributed by atoms with Crippen LogP contribution in [-0.2, 0) is 6.54 Å². The maximum atomic E-state index is 4.56. The summed E-state index contributed by atoms with van der Waals surface area (Å²) in [5.74, 6) is 0.799. The van der Waals surface area contributed by atoms with Crippen molar-refractivity contribution in [2.45, 2.75) is 67.0 Å². The molecule has 1 unspecified atom stereocenters. The molecule has 0 saturated carbocycles. The Morgan fingerprint density at radius 1 is 1.11 bits per heavy atom. The first-order valence-electron chi connectivity index (χ1n) is 7.15. The third-order valence-corrected chi connectivity index (χ3v) is 3.74. The van der Waals surface area contributed by atoms with Crippen LogP contribution in [0.15, 0.2) is 0 Å². The second-order valence-electron chi connectivity index (χ2n) is 5.85. The van der Waals surface area contributed by atoms with Crippen LogP contribution >= 0.6 is 0 Å². The SMILES string of the molecule is Cc1nn(CCNC(C)CCC(C)C)c(C)c1C. The first-order chi connectivity index (χ1) is 8.41. The van der Waals surface area contributed by atoms with Crippen LogP contribution in [0.5, 0.6) is 0 Å². The molecule has 0 saturated heterocycles. The molecule has 0 fully saturated rings. The van der Waals surface area contributed by atoms with Crippen LogP contribution in [0.4, 0.5) is 0 Å². The molecule has 3 heteroatoms. The summed E-state index contributed by atoms with van der Waals surface area (Å²) in [6.07, 6.45) is 2.56. The van der Waals surface area contributed by atoms with Crippen molar-refractivity contribution in [3.05, 3.63) is 17.0 Å². The van der Waals surface area contributed by atoms with Gasteiger partial charge >= 0.3 is 0 Å². The smallest absolute Gasteiger partial charge is 0.0625 e. The fourth-order valence-corrected chi connectivity index (χ4v) is 2.11. The molecule has 0 aliphatic carbocycles. The molecule has 1 heterocycles. The average Bonchev–Trinajstić information content (AvgIpc) is 2.54. The Hall–Kier alpha value is -0.830. The van der Waals surface area contributed by atoms with Gasteiger partial charge in [0.15, 0.2) is 0 Å². The summed E-state index contributed by atoms with van der Waals surface area (Å²) in [5, 5.41) is 8.14. The summed E-state index contributed by atoms with van der Waals surface area (Å²) in [5.41, 5.74) is 3.77. The van der Waals surface area contributed by atoms with Crippen molar-refractivity contribution in [1.29, 1.82) is 0 Å². The molecule has 1 aromatic heterocycles. The maximum Gasteiger partial charge on any atom is 0.0625 e. The van der Waals surface area contributed by atoms with Crippen molar-refractivity contribution in [2.75, 3.05) is 6.54 Å². The molecule has 104 valence electrons. The Labute approximate surface area is 112 Å². The van der Waals surface area contributed by atoms with Gasteiger partial charge in [0.25, 0.3) is 0 Å². The summed E-state index contributed by atoms with van der Waals surface area (Å²) in [6, 6.07) is 0.602. The number of nitrogens with zero attached hydrogens (tertiary/aromatic N) is 2. The summed E-state index contributed by atoms with van der Waals surface area (Å²) >= 11 is 0. The van der Waals surface area contributed by atoms with E-state index < -0.39 is 0 Å². The monoisotopic (exact) mass is 251 g/mol. The highest BCUT2D eigenvalue weighted by Crippen LogP contribution is 2.10. The van der Waals surface area contributed by atoms with Gasteiger partial charge in [-0.25, -0.2) is 0 Å². The van der Waals surface area contributed by atoms with Gasteiger partial charge in [-0.3, -0.25) is 4.68 Å². The van der Waals surface area contributed by atoms with Crippen molar-refractivity contribution in [2.24, 2.45) is 5.92 Å². The minimum absolute atomic E-state index is 0.602. The highest BCUT2D eigenvalue weighted by Gasteiger charge is 2.07. The molecule has 1 atom stereocenters. The lowest BCUT2D eigenvalue weighted by Crippen LogP contribution is -2.30. The van der Waals surface area contributed by atoms with Crippen LogP contribution in [0.3, 0.4) is 0 Å². The largest absolute Gasteiger partial charge is 0.312 e. The van der Waals surface area contributed by atoms with E-state index in [0.29, 0.717) is 6.04 Å². The van der Waals surface area contributed by atoms with Gasteiger partial charge in [0.1, 0.15) is 0 Å². The Bertz CT molecular complexity index is 366. The lowest BCUT2D eigenvalue weighted by atomic mass is 10.0. The number of nitrogens with one attached hydrogen (secondary N) is 1. The molecule has 0 radical (unpaired) electrons. The Balaban J connectivity index is 2.31. The van der Waals surface area contributed by atoms with Crippen molar-refractivity contribution in [1.82, 2.24) is 15.1 Å². The van der Waals surface area contributed by atoms with E-state index in [0.717, 1.165) is 24.7 Å². The highest BCUT2D eigenvalue weighted by molar-refractivity contribution is 5.22. The average molecular weight is 251 g/mol. The van der Waals surface area contributed by atoms with Gasteiger partial charge in [0.2, 0.25) is 0 Å². The number of hydrogen-bond donors (Lipinski definition) is 1. The zero-order valence-corrected chi connectivity index (χ0v) is 12.9. The zero-order valence-electron chi connectivity index (χ0n) is 12.9. The standard InChI is InChI=1S/C15H29N3/c1-11(2)7-8-12(3)16-9-10-18-15(6)13(4)14(5)17-18/h11-12,16H,7-10H2,1-6H3. The van der Waals surface area contributed by atoms with Gasteiger partial charge in [0, 0.05) is 18.3 Å². The molecule has 18 heavy (non-hydrogen) atoms. The molecule has 0 spiro atoms. The number of hydrogen-bond acceptors (Lipinski definition) is 2. The fourth-order valence-electron chi connectivity index (χ4n) is 2.11. The van der Waals surface area contributed by atoms with Crippen LogP contribution in [-0.4, -0.2) is 22.4 Å². The first-order valence-corrected chi connectivity index (χ1v) is 7.15. The predicted octanol–water partition coefficient (Wildman–Crippen LogP) is 3.22. The minimum Gasteiger partial charge on any atom is -0.312 e. The van der Waals surface area contributed by atoms with Crippen LogP contribution in [0, 0.1) is 26.7 Å². The quantitative estimate of drug-likeness (QED) is 0.806. The lowest BCUT2D eigenvalue weighted by molar-refractivity contribution is 0.432. The van der Waals surface area contributed by atoms with E-state index in [4.69, 9.17) is 0 Å². The highest BCUT2D eigenvalue weighted by atomic mass is 15.3. The molecule has 1 rings (SSSR count). The summed E-state index contributed by atoms with van der Waals surface area (Å²) < 4.78 is 2.12. The molecule has 0 aliphatic heterocycles. The summed E-state index contributed by atoms with van der Waals surface area (Å²) in [6.45, 7) is 15.2. The number of aromatic nitrogens is 2. The molecule has 0 aromatic carbocycles. The van der Waals surface area contributed by atoms with E-state index in [1.165, 1.54) is 24.1 Å². The molecule has 3 nitrogen and oxygen atoms in total. The van der Waals surface area contributed by atoms with Crippen LogP contribution in [0.1, 0.15) is 50.6 Å². The van der Waals surface area contributed by atoms with Crippen molar-refractivity contribution < 1.29 is 0 Å². The van der Waals surface area contributed by atoms with Crippen molar-refractivity contribution in [3.63, 3.8) is 0 Å². The van der Waals surface area contributed by atoms with E-state index in [-0.39, 0.29) is 0 Å². The number of rotatable bonds is 7. The van der Waals surface area contributed by atoms with Gasteiger partial charge in [-0.05, 0) is 52.0 Å². The first kappa shape index (κ1) is 15.2. The maximum absolute atomic E-state index is 4.56. The van der Waals surface area contributed by atoms with Crippen molar-refractivity contribution in [3.8, 4) is 0 Å². The second-order valence-corrected chi connectivity index (χ2v) is 5.85. The Kier molecular flexibility index (Phi) is 5.86. The van der Waals surface area contributed by atoms with E-state index in [1.54, 1.807) is 0 Å². The van der Waals surface area contributed by atoms with E-state index in [9.17, 15) is 0 Å². The van der Waals surface area contributed by atoms with Gasteiger partial charge in [-0.1, -0.05) is 13.8 Å². The molecule has 1 N–H and O–H groups in total. The molecule has 0 amide bonds. The van der Waals surface area contributed by atoms with Gasteiger partial charge < -0.3 is 5.32 Å². The van der Waals surface area contributed by atoms with Crippen LogP contribution in [0.2, 0.25) is 0 Å². The molecule has 1 aromatic rings. The van der Waals surface area contributed by atoms with Gasteiger partial charge in [0.05, 0.1) is 12.2 Å². The number of aryl methyl sites for hydroxylation is 1. The lowest BCUT2D eigenvalue weighted by Gasteiger charge is -2.15. The fraction of sp³-hybridized carbons (Fsp3) is 0.800. The second kappa shape index (κ2) is 6.93.